The molecule has 5 heteroatoms. The smallest absolute Gasteiger partial charge is 0.364 e. The second kappa shape index (κ2) is 21.0. The van der Waals surface area contributed by atoms with Gasteiger partial charge >= 0.3 is 8.97 Å². The van der Waals surface area contributed by atoms with E-state index in [0.717, 1.165) is 19.5 Å². The maximum atomic E-state index is 5.64. The van der Waals surface area contributed by atoms with Gasteiger partial charge in [-0.3, -0.25) is 4.57 Å². The highest BCUT2D eigenvalue weighted by Gasteiger charge is 2.45. The molecule has 4 nitrogen and oxygen atoms in total. The van der Waals surface area contributed by atoms with E-state index in [0.29, 0.717) is 0 Å². The molecule has 0 atom stereocenters. The number of hydrogen-bond donors (Lipinski definition) is 0. The first kappa shape index (κ1) is 28.8. The van der Waals surface area contributed by atoms with E-state index in [4.69, 9.17) is 13.3 Å². The molecule has 0 saturated carbocycles. The van der Waals surface area contributed by atoms with E-state index in [1.54, 1.807) is 21.3 Å². The fraction of sp³-hybridized carbons (Fsp3) is 0.917. The molecule has 0 saturated heterocycles. The molecule has 0 heterocycles. The summed E-state index contributed by atoms with van der Waals surface area (Å²) in [5.41, 5.74) is 0. The summed E-state index contributed by atoms with van der Waals surface area (Å²) in [7, 11) is 2.44. The summed E-state index contributed by atoms with van der Waals surface area (Å²) < 4.78 is 19.2. The molecule has 0 N–H and O–H groups in total. The first-order valence-electron chi connectivity index (χ1n) is 12.3. The van der Waals surface area contributed by atoms with E-state index in [2.05, 4.69) is 30.6 Å². The van der Waals surface area contributed by atoms with Crippen molar-refractivity contribution in [3.05, 3.63) is 12.2 Å². The minimum atomic E-state index is -2.65. The molecule has 0 fully saturated rings. The zero-order valence-electron chi connectivity index (χ0n) is 20.3. The molecular weight excluding hydrogens is 378 g/mol. The summed E-state index contributed by atoms with van der Waals surface area (Å²) >= 11 is 0. The van der Waals surface area contributed by atoms with Gasteiger partial charge in [-0.05, 0) is 51.6 Å². The van der Waals surface area contributed by atoms with E-state index >= 15 is 0 Å². The van der Waals surface area contributed by atoms with Crippen molar-refractivity contribution in [3.63, 3.8) is 0 Å². The Hall–Kier alpha value is -0.203. The third-order valence-electron chi connectivity index (χ3n) is 5.59. The fourth-order valence-corrected chi connectivity index (χ4v) is 6.05. The second-order valence-electron chi connectivity index (χ2n) is 8.06. The van der Waals surface area contributed by atoms with E-state index in [9.17, 15) is 0 Å². The molecule has 0 aromatic carbocycles. The van der Waals surface area contributed by atoms with Crippen LogP contribution in [0.4, 0.5) is 0 Å². The van der Waals surface area contributed by atoms with Crippen LogP contribution in [0, 0.1) is 0 Å². The minimum absolute atomic E-state index is 0.965. The van der Waals surface area contributed by atoms with E-state index in [1.165, 1.54) is 89.9 Å². The van der Waals surface area contributed by atoms with Gasteiger partial charge < -0.3 is 13.3 Å². The van der Waals surface area contributed by atoms with Crippen molar-refractivity contribution in [2.24, 2.45) is 0 Å². The summed E-state index contributed by atoms with van der Waals surface area (Å²) in [6.07, 6.45) is 24.6. The first-order valence-corrected chi connectivity index (χ1v) is 13.9. The molecule has 0 aliphatic heterocycles. The fourth-order valence-electron chi connectivity index (χ4n) is 3.84. The number of hydrogen-bond acceptors (Lipinski definition) is 4. The third kappa shape index (κ3) is 14.4. The molecule has 0 bridgehead atoms. The quantitative estimate of drug-likeness (QED) is 0.104. The molecule has 0 aromatic heterocycles. The van der Waals surface area contributed by atoms with Gasteiger partial charge in [0.05, 0.1) is 0 Å². The van der Waals surface area contributed by atoms with Crippen molar-refractivity contribution in [1.82, 2.24) is 4.57 Å². The van der Waals surface area contributed by atoms with E-state index < -0.39 is 8.97 Å². The van der Waals surface area contributed by atoms with Crippen LogP contribution in [0.3, 0.4) is 0 Å². The zero-order valence-corrected chi connectivity index (χ0v) is 21.3. The Morgan fingerprint density at radius 2 is 1.00 bits per heavy atom. The molecule has 0 rings (SSSR count). The lowest BCUT2D eigenvalue weighted by atomic mass is 10.1. The van der Waals surface area contributed by atoms with Crippen LogP contribution in [0.5, 0.6) is 0 Å². The molecule has 0 aliphatic carbocycles. The van der Waals surface area contributed by atoms with Gasteiger partial charge in [0, 0.05) is 21.3 Å². The Labute approximate surface area is 183 Å². The molecular formula is C24H51NO3Si. The average Bonchev–Trinajstić information content (AvgIpc) is 2.75. The Bertz CT molecular complexity index is 354. The predicted molar refractivity (Wildman–Crippen MR) is 128 cm³/mol. The van der Waals surface area contributed by atoms with Crippen molar-refractivity contribution >= 4 is 8.97 Å². The average molecular weight is 430 g/mol. The largest absolute Gasteiger partial charge is 0.598 e. The van der Waals surface area contributed by atoms with Gasteiger partial charge in [-0.25, -0.2) is 0 Å². The highest BCUT2D eigenvalue weighted by molar-refractivity contribution is 6.57. The Morgan fingerprint density at radius 1 is 0.552 bits per heavy atom. The van der Waals surface area contributed by atoms with Crippen LogP contribution < -0.4 is 0 Å². The highest BCUT2D eigenvalue weighted by atomic mass is 28.4. The van der Waals surface area contributed by atoms with Crippen molar-refractivity contribution in [2.75, 3.05) is 34.4 Å². The summed E-state index contributed by atoms with van der Waals surface area (Å²) in [5.74, 6) is 0. The molecule has 0 spiro atoms. The van der Waals surface area contributed by atoms with Crippen LogP contribution in [-0.2, 0) is 13.3 Å². The van der Waals surface area contributed by atoms with Gasteiger partial charge in [-0.2, -0.15) is 0 Å². The van der Waals surface area contributed by atoms with Gasteiger partial charge in [-0.1, -0.05) is 83.8 Å². The lowest BCUT2D eigenvalue weighted by molar-refractivity contribution is 0.0565. The van der Waals surface area contributed by atoms with Gasteiger partial charge in [0.1, 0.15) is 0 Å². The minimum Gasteiger partial charge on any atom is -0.364 e. The van der Waals surface area contributed by atoms with Crippen molar-refractivity contribution in [3.8, 4) is 0 Å². The molecule has 174 valence electrons. The Balaban J connectivity index is 3.65. The van der Waals surface area contributed by atoms with Gasteiger partial charge in [0.2, 0.25) is 0 Å². The molecule has 29 heavy (non-hydrogen) atoms. The van der Waals surface area contributed by atoms with Crippen LogP contribution in [0.25, 0.3) is 0 Å². The monoisotopic (exact) mass is 429 g/mol. The Morgan fingerprint density at radius 3 is 1.45 bits per heavy atom. The normalized spacial score (nSPS) is 12.5. The lowest BCUT2D eigenvalue weighted by Gasteiger charge is -2.35. The van der Waals surface area contributed by atoms with Crippen LogP contribution in [0.1, 0.15) is 110 Å². The summed E-state index contributed by atoms with van der Waals surface area (Å²) in [5, 5.41) is 0. The number of rotatable bonds is 22. The molecule has 0 unspecified atom stereocenters. The van der Waals surface area contributed by atoms with E-state index in [-0.39, 0.29) is 0 Å². The standard InChI is InChI=1S/C24H51NO3Si/c1-6-8-9-10-11-12-13-14-15-16-17-18-19-20-21-22-24-25(23-7-2)29(26-3,27-4)28-5/h14-15H,6-13,16-24H2,1-5H3. The number of nitrogens with zero attached hydrogens (tertiary/aromatic N) is 1. The molecule has 0 radical (unpaired) electrons. The van der Waals surface area contributed by atoms with Crippen LogP contribution in [0.15, 0.2) is 12.2 Å². The van der Waals surface area contributed by atoms with E-state index in [1.807, 2.05) is 0 Å². The zero-order chi connectivity index (χ0) is 21.6. The second-order valence-corrected chi connectivity index (χ2v) is 11.0. The maximum Gasteiger partial charge on any atom is 0.598 e. The van der Waals surface area contributed by atoms with Crippen LogP contribution in [0.2, 0.25) is 0 Å². The summed E-state index contributed by atoms with van der Waals surface area (Å²) in [6, 6.07) is 0. The van der Waals surface area contributed by atoms with Gasteiger partial charge in [0.25, 0.3) is 0 Å². The molecule has 0 amide bonds. The molecule has 0 aliphatic rings. The Kier molecular flexibility index (Phi) is 20.9. The molecule has 0 aromatic rings. The summed E-state index contributed by atoms with van der Waals surface area (Å²) in [4.78, 5) is 0. The SMILES string of the molecule is CCCCCCCCC=CCCCCCCCCN(CCC)[Si](OC)(OC)OC. The van der Waals surface area contributed by atoms with Crippen molar-refractivity contribution < 1.29 is 13.3 Å². The predicted octanol–water partition coefficient (Wildman–Crippen LogP) is 7.11. The lowest BCUT2D eigenvalue weighted by Crippen LogP contribution is -2.59. The van der Waals surface area contributed by atoms with Crippen LogP contribution >= 0.6 is 0 Å². The van der Waals surface area contributed by atoms with Crippen LogP contribution in [-0.4, -0.2) is 48.0 Å². The number of allylic oxidation sites excluding steroid dienone is 2. The topological polar surface area (TPSA) is 30.9 Å². The van der Waals surface area contributed by atoms with Gasteiger partial charge in [-0.15, -0.1) is 0 Å². The summed E-state index contributed by atoms with van der Waals surface area (Å²) in [6.45, 7) is 6.43. The first-order chi connectivity index (χ1) is 14.2. The maximum absolute atomic E-state index is 5.64. The van der Waals surface area contributed by atoms with Crippen molar-refractivity contribution in [1.29, 1.82) is 0 Å². The highest BCUT2D eigenvalue weighted by Crippen LogP contribution is 2.16. The third-order valence-corrected chi connectivity index (χ3v) is 8.36. The van der Waals surface area contributed by atoms with Gasteiger partial charge in [0.15, 0.2) is 0 Å². The van der Waals surface area contributed by atoms with Crippen molar-refractivity contribution in [2.45, 2.75) is 110 Å². The number of unbranched alkanes of at least 4 members (excludes halogenated alkanes) is 12.